The van der Waals surface area contributed by atoms with Gasteiger partial charge in [-0.15, -0.1) is 0 Å². The quantitative estimate of drug-likeness (QED) is 0.768. The van der Waals surface area contributed by atoms with Crippen LogP contribution in [0.1, 0.15) is 17.3 Å². The number of hydrogen-bond acceptors (Lipinski definition) is 4. The summed E-state index contributed by atoms with van der Waals surface area (Å²) in [7, 11) is 2.09. The molecule has 1 heterocycles. The molecule has 5 nitrogen and oxygen atoms in total. The maximum Gasteiger partial charge on any atom is 0.335 e. The molecule has 0 amide bonds. The Morgan fingerprint density at radius 1 is 1.44 bits per heavy atom. The molecular formula is C13H19N3O2. The molecule has 3 N–H and O–H groups in total. The van der Waals surface area contributed by atoms with Gasteiger partial charge >= 0.3 is 5.97 Å². The van der Waals surface area contributed by atoms with Gasteiger partial charge in [0.05, 0.1) is 16.9 Å². The van der Waals surface area contributed by atoms with Crippen molar-refractivity contribution in [2.45, 2.75) is 13.0 Å². The molecule has 98 valence electrons. The van der Waals surface area contributed by atoms with Crippen molar-refractivity contribution in [1.82, 2.24) is 4.90 Å². The third-order valence-corrected chi connectivity index (χ3v) is 3.42. The lowest BCUT2D eigenvalue weighted by Gasteiger charge is -2.40. The third kappa shape index (κ3) is 2.41. The van der Waals surface area contributed by atoms with Gasteiger partial charge in [-0.25, -0.2) is 4.79 Å². The number of carboxylic acid groups (broad SMARTS) is 1. The van der Waals surface area contributed by atoms with E-state index in [1.165, 1.54) is 0 Å². The lowest BCUT2D eigenvalue weighted by atomic mass is 10.1. The maximum absolute atomic E-state index is 11.0. The number of piperazine rings is 1. The molecule has 1 atom stereocenters. The Morgan fingerprint density at radius 2 is 2.17 bits per heavy atom. The number of rotatable bonds is 2. The molecule has 0 saturated carbocycles. The lowest BCUT2D eigenvalue weighted by Crippen LogP contribution is -2.50. The Morgan fingerprint density at radius 3 is 2.78 bits per heavy atom. The van der Waals surface area contributed by atoms with Gasteiger partial charge in [-0.2, -0.15) is 0 Å². The number of hydrogen-bond donors (Lipinski definition) is 2. The maximum atomic E-state index is 11.0. The number of carboxylic acids is 1. The highest BCUT2D eigenvalue weighted by atomic mass is 16.4. The van der Waals surface area contributed by atoms with Gasteiger partial charge in [-0.1, -0.05) is 0 Å². The Balaban J connectivity index is 2.32. The van der Waals surface area contributed by atoms with Gasteiger partial charge in [0.15, 0.2) is 0 Å². The summed E-state index contributed by atoms with van der Waals surface area (Å²) in [5.74, 6) is -0.918. The highest BCUT2D eigenvalue weighted by Crippen LogP contribution is 2.28. The number of anilines is 2. The van der Waals surface area contributed by atoms with Crippen LogP contribution in [0.15, 0.2) is 18.2 Å². The van der Waals surface area contributed by atoms with Gasteiger partial charge in [0, 0.05) is 25.7 Å². The van der Waals surface area contributed by atoms with Gasteiger partial charge in [-0.05, 0) is 32.2 Å². The average molecular weight is 249 g/mol. The first kappa shape index (κ1) is 12.7. The molecule has 1 aliphatic rings. The topological polar surface area (TPSA) is 69.8 Å². The van der Waals surface area contributed by atoms with E-state index >= 15 is 0 Å². The molecule has 1 aliphatic heterocycles. The zero-order valence-electron chi connectivity index (χ0n) is 10.8. The number of nitrogens with two attached hydrogens (primary N) is 1. The fourth-order valence-corrected chi connectivity index (χ4v) is 2.42. The van der Waals surface area contributed by atoms with Gasteiger partial charge in [-0.3, -0.25) is 0 Å². The van der Waals surface area contributed by atoms with Crippen LogP contribution < -0.4 is 10.6 Å². The van der Waals surface area contributed by atoms with Gasteiger partial charge < -0.3 is 20.6 Å². The number of benzene rings is 1. The Bertz CT molecular complexity index is 462. The van der Waals surface area contributed by atoms with E-state index in [4.69, 9.17) is 10.8 Å². The van der Waals surface area contributed by atoms with Crippen LogP contribution in [0.25, 0.3) is 0 Å². The number of nitrogen functional groups attached to an aromatic ring is 1. The van der Waals surface area contributed by atoms with Crippen molar-refractivity contribution in [3.05, 3.63) is 23.8 Å². The fourth-order valence-electron chi connectivity index (χ4n) is 2.42. The predicted molar refractivity (Wildman–Crippen MR) is 72.1 cm³/mol. The van der Waals surface area contributed by atoms with Crippen molar-refractivity contribution < 1.29 is 9.90 Å². The number of aromatic carboxylic acids is 1. The summed E-state index contributed by atoms with van der Waals surface area (Å²) in [5, 5.41) is 9.04. The van der Waals surface area contributed by atoms with E-state index in [1.54, 1.807) is 18.2 Å². The molecule has 18 heavy (non-hydrogen) atoms. The predicted octanol–water partition coefficient (Wildman–Crippen LogP) is 1.11. The summed E-state index contributed by atoms with van der Waals surface area (Å²) in [6.45, 7) is 4.91. The van der Waals surface area contributed by atoms with Crippen LogP contribution >= 0.6 is 0 Å². The summed E-state index contributed by atoms with van der Waals surface area (Å²) in [5.41, 5.74) is 7.72. The summed E-state index contributed by atoms with van der Waals surface area (Å²) < 4.78 is 0. The molecule has 0 radical (unpaired) electrons. The molecule has 0 aromatic heterocycles. The van der Waals surface area contributed by atoms with Crippen LogP contribution in [-0.4, -0.2) is 48.7 Å². The minimum Gasteiger partial charge on any atom is -0.478 e. The van der Waals surface area contributed by atoms with Crippen molar-refractivity contribution in [2.24, 2.45) is 0 Å². The average Bonchev–Trinajstić information content (AvgIpc) is 2.30. The first-order valence-electron chi connectivity index (χ1n) is 6.07. The van der Waals surface area contributed by atoms with E-state index in [9.17, 15) is 4.79 Å². The standard InChI is InChI=1S/C13H19N3O2/c1-9-8-15(2)5-6-16(9)12-7-10(13(17)18)3-4-11(12)14/h3-4,7,9H,5-6,8,14H2,1-2H3,(H,17,18). The normalized spacial score (nSPS) is 21.0. The number of nitrogens with zero attached hydrogens (tertiary/aromatic N) is 2. The summed E-state index contributed by atoms with van der Waals surface area (Å²) in [6, 6.07) is 5.21. The van der Waals surface area contributed by atoms with E-state index in [0.717, 1.165) is 25.3 Å². The van der Waals surface area contributed by atoms with E-state index in [2.05, 4.69) is 23.8 Å². The van der Waals surface area contributed by atoms with E-state index in [0.29, 0.717) is 11.7 Å². The highest BCUT2D eigenvalue weighted by molar-refractivity contribution is 5.90. The van der Waals surface area contributed by atoms with Crippen LogP contribution in [0.2, 0.25) is 0 Å². The van der Waals surface area contributed by atoms with E-state index in [1.807, 2.05) is 0 Å². The fraction of sp³-hybridized carbons (Fsp3) is 0.462. The molecule has 1 saturated heterocycles. The molecule has 1 aromatic carbocycles. The molecule has 0 aliphatic carbocycles. The summed E-state index contributed by atoms with van der Waals surface area (Å²) in [6.07, 6.45) is 0. The largest absolute Gasteiger partial charge is 0.478 e. The van der Waals surface area contributed by atoms with Crippen molar-refractivity contribution in [3.63, 3.8) is 0 Å². The van der Waals surface area contributed by atoms with Crippen LogP contribution in [0, 0.1) is 0 Å². The number of carbonyl (C=O) groups is 1. The van der Waals surface area contributed by atoms with Crippen LogP contribution in [0.3, 0.4) is 0 Å². The molecule has 2 rings (SSSR count). The Hall–Kier alpha value is -1.75. The van der Waals surface area contributed by atoms with Crippen molar-refractivity contribution in [3.8, 4) is 0 Å². The minimum absolute atomic E-state index is 0.283. The second-order valence-corrected chi connectivity index (χ2v) is 4.88. The lowest BCUT2D eigenvalue weighted by molar-refractivity contribution is 0.0697. The van der Waals surface area contributed by atoms with Crippen molar-refractivity contribution in [2.75, 3.05) is 37.3 Å². The molecule has 0 spiro atoms. The Labute approximate surface area is 107 Å². The zero-order chi connectivity index (χ0) is 13.3. The number of likely N-dealkylation sites (N-methyl/N-ethyl adjacent to an activating group) is 1. The smallest absolute Gasteiger partial charge is 0.335 e. The second kappa shape index (κ2) is 4.86. The van der Waals surface area contributed by atoms with Crippen molar-refractivity contribution >= 4 is 17.3 Å². The summed E-state index contributed by atoms with van der Waals surface area (Å²) in [4.78, 5) is 15.5. The van der Waals surface area contributed by atoms with Crippen LogP contribution in [0.4, 0.5) is 11.4 Å². The van der Waals surface area contributed by atoms with E-state index < -0.39 is 5.97 Å². The van der Waals surface area contributed by atoms with Gasteiger partial charge in [0.1, 0.15) is 0 Å². The Kier molecular flexibility index (Phi) is 3.43. The molecule has 5 heteroatoms. The third-order valence-electron chi connectivity index (χ3n) is 3.42. The van der Waals surface area contributed by atoms with Crippen LogP contribution in [-0.2, 0) is 0 Å². The first-order valence-corrected chi connectivity index (χ1v) is 6.07. The van der Waals surface area contributed by atoms with E-state index in [-0.39, 0.29) is 5.56 Å². The van der Waals surface area contributed by atoms with Crippen molar-refractivity contribution in [1.29, 1.82) is 0 Å². The molecule has 1 unspecified atom stereocenters. The monoisotopic (exact) mass is 249 g/mol. The zero-order valence-corrected chi connectivity index (χ0v) is 10.8. The molecule has 1 fully saturated rings. The second-order valence-electron chi connectivity index (χ2n) is 4.88. The molecule has 0 bridgehead atoms. The highest BCUT2D eigenvalue weighted by Gasteiger charge is 2.23. The van der Waals surface area contributed by atoms with Crippen LogP contribution in [0.5, 0.6) is 0 Å². The van der Waals surface area contributed by atoms with Gasteiger partial charge in [0.2, 0.25) is 0 Å². The first-order chi connectivity index (χ1) is 8.49. The van der Waals surface area contributed by atoms with Gasteiger partial charge in [0.25, 0.3) is 0 Å². The summed E-state index contributed by atoms with van der Waals surface area (Å²) >= 11 is 0. The molecular weight excluding hydrogens is 230 g/mol. The minimum atomic E-state index is -0.918. The molecule has 1 aromatic rings. The SMILES string of the molecule is CC1CN(C)CCN1c1cc(C(=O)O)ccc1N.